The molecule has 0 unspecified atom stereocenters. The normalized spacial score (nSPS) is 10.6. The van der Waals surface area contributed by atoms with Crippen molar-refractivity contribution in [3.05, 3.63) is 175 Å². The number of fused-ring (bicyclic) bond motifs is 3. The lowest BCUT2D eigenvalue weighted by atomic mass is 10.0. The van der Waals surface area contributed by atoms with Crippen LogP contribution in [0.2, 0.25) is 0 Å². The minimum Gasteiger partial charge on any atom is -0.333 e. The van der Waals surface area contributed by atoms with Gasteiger partial charge in [-0.25, -0.2) is 9.97 Å². The fourth-order valence-corrected chi connectivity index (χ4v) is 6.56. The van der Waals surface area contributed by atoms with Gasteiger partial charge in [0.15, 0.2) is 5.82 Å². The van der Waals surface area contributed by atoms with E-state index in [9.17, 15) is 0 Å². The lowest BCUT2D eigenvalue weighted by Gasteiger charge is -2.12. The summed E-state index contributed by atoms with van der Waals surface area (Å²) in [6.45, 7) is 9.70. The maximum atomic E-state index is 5.05. The standard InChI is InChI=1S/C44H35N3.C3H6.CH5N/c1-3-30-18-24-42-38(26-30)39-27-31(4-2)19-25-43(39)47(42)37-22-20-32(21-23-37)35-16-11-17-36(28-35)41-29-40(33-12-7-5-8-13-33)45-44(46-41)34-14-9-6-10-15-34;1-3-2;1-2/h5-29H,3-4H2,1-2H3;3H,1H2,2H3;2H2,1H3. The third kappa shape index (κ3) is 7.48. The SMILES string of the molecule is C=CC.CCc1ccc2c(c1)c1cc(CC)ccc1n2-c1ccc(-c2cccc(-c3cc(-c4ccccc4)nc(-c4ccccc4)n3)c2)cc1.CN. The number of hydrogen-bond acceptors (Lipinski definition) is 3. The summed E-state index contributed by atoms with van der Waals surface area (Å²) in [5.74, 6) is 0.722. The summed E-state index contributed by atoms with van der Waals surface area (Å²) < 4.78 is 2.40. The van der Waals surface area contributed by atoms with Crippen molar-refractivity contribution in [2.75, 3.05) is 7.05 Å². The zero-order valence-electron chi connectivity index (χ0n) is 30.6. The molecule has 4 nitrogen and oxygen atoms in total. The first-order chi connectivity index (χ1) is 25.6. The Morgan fingerprint density at radius 3 is 1.54 bits per heavy atom. The fourth-order valence-electron chi connectivity index (χ4n) is 6.56. The minimum absolute atomic E-state index is 0.722. The third-order valence-corrected chi connectivity index (χ3v) is 9.16. The molecule has 0 spiro atoms. The van der Waals surface area contributed by atoms with Crippen LogP contribution in [0.15, 0.2) is 164 Å². The van der Waals surface area contributed by atoms with Gasteiger partial charge in [0.25, 0.3) is 0 Å². The first-order valence-electron chi connectivity index (χ1n) is 18.0. The number of nitrogens with two attached hydrogens (primary N) is 1. The molecule has 0 bridgehead atoms. The van der Waals surface area contributed by atoms with Gasteiger partial charge in [-0.15, -0.1) is 6.58 Å². The summed E-state index contributed by atoms with van der Waals surface area (Å²) >= 11 is 0. The number of hydrogen-bond donors (Lipinski definition) is 1. The highest BCUT2D eigenvalue weighted by Gasteiger charge is 2.15. The van der Waals surface area contributed by atoms with E-state index in [0.29, 0.717) is 0 Å². The summed E-state index contributed by atoms with van der Waals surface area (Å²) in [5, 5.41) is 2.64. The van der Waals surface area contributed by atoms with E-state index in [1.807, 2.05) is 43.3 Å². The van der Waals surface area contributed by atoms with Crippen molar-refractivity contribution < 1.29 is 0 Å². The van der Waals surface area contributed by atoms with E-state index < -0.39 is 0 Å². The maximum absolute atomic E-state index is 5.05. The van der Waals surface area contributed by atoms with Gasteiger partial charge in [0.1, 0.15) is 0 Å². The van der Waals surface area contributed by atoms with E-state index >= 15 is 0 Å². The average Bonchev–Trinajstić information content (AvgIpc) is 3.55. The predicted octanol–water partition coefficient (Wildman–Crippen LogP) is 12.1. The topological polar surface area (TPSA) is 56.7 Å². The van der Waals surface area contributed by atoms with Crippen LogP contribution in [0.3, 0.4) is 0 Å². The van der Waals surface area contributed by atoms with Gasteiger partial charge in [0.05, 0.1) is 22.4 Å². The maximum Gasteiger partial charge on any atom is 0.160 e. The molecule has 4 heteroatoms. The van der Waals surface area contributed by atoms with E-state index in [0.717, 1.165) is 58.0 Å². The molecule has 2 aromatic heterocycles. The van der Waals surface area contributed by atoms with Crippen molar-refractivity contribution in [3.8, 4) is 50.7 Å². The first kappa shape index (κ1) is 35.7. The van der Waals surface area contributed by atoms with Crippen LogP contribution in [-0.2, 0) is 12.8 Å². The molecule has 2 N–H and O–H groups in total. The highest BCUT2D eigenvalue weighted by Crippen LogP contribution is 2.35. The van der Waals surface area contributed by atoms with Crippen molar-refractivity contribution in [1.82, 2.24) is 14.5 Å². The van der Waals surface area contributed by atoms with Gasteiger partial charge >= 0.3 is 0 Å². The Morgan fingerprint density at radius 2 is 1.00 bits per heavy atom. The van der Waals surface area contributed by atoms with Crippen molar-refractivity contribution in [1.29, 1.82) is 0 Å². The summed E-state index contributed by atoms with van der Waals surface area (Å²) in [7, 11) is 1.50. The molecule has 52 heavy (non-hydrogen) atoms. The smallest absolute Gasteiger partial charge is 0.160 e. The Labute approximate surface area is 308 Å². The second-order valence-electron chi connectivity index (χ2n) is 12.5. The molecule has 6 aromatic carbocycles. The van der Waals surface area contributed by atoms with Crippen LogP contribution in [0.1, 0.15) is 31.9 Å². The van der Waals surface area contributed by atoms with Crippen LogP contribution in [0, 0.1) is 0 Å². The fraction of sp³-hybridized carbons (Fsp3) is 0.125. The Balaban J connectivity index is 0.000000884. The molecule has 0 fully saturated rings. The Kier molecular flexibility index (Phi) is 11.5. The quantitative estimate of drug-likeness (QED) is 0.171. The van der Waals surface area contributed by atoms with Gasteiger partial charge in [0, 0.05) is 33.2 Å². The number of aromatic nitrogens is 3. The second-order valence-corrected chi connectivity index (χ2v) is 12.5. The molecule has 0 aliphatic heterocycles. The second kappa shape index (κ2) is 16.7. The van der Waals surface area contributed by atoms with E-state index in [2.05, 4.69) is 146 Å². The lowest BCUT2D eigenvalue weighted by molar-refractivity contribution is 1.13. The van der Waals surface area contributed by atoms with Gasteiger partial charge in [0.2, 0.25) is 0 Å². The molecule has 0 radical (unpaired) electrons. The van der Waals surface area contributed by atoms with Gasteiger partial charge in [-0.2, -0.15) is 0 Å². The number of aryl methyl sites for hydroxylation is 2. The summed E-state index contributed by atoms with van der Waals surface area (Å²) in [6.07, 6.45) is 3.81. The summed E-state index contributed by atoms with van der Waals surface area (Å²) in [5.41, 5.74) is 18.1. The highest BCUT2D eigenvalue weighted by molar-refractivity contribution is 6.09. The lowest BCUT2D eigenvalue weighted by Crippen LogP contribution is -1.96. The average molecular weight is 679 g/mol. The van der Waals surface area contributed by atoms with Crippen molar-refractivity contribution >= 4 is 21.8 Å². The summed E-state index contributed by atoms with van der Waals surface area (Å²) in [4.78, 5) is 10.0. The molecular formula is C48H46N4. The van der Waals surface area contributed by atoms with Crippen molar-refractivity contribution in [2.24, 2.45) is 5.73 Å². The molecule has 258 valence electrons. The van der Waals surface area contributed by atoms with Crippen LogP contribution >= 0.6 is 0 Å². The van der Waals surface area contributed by atoms with Crippen LogP contribution in [0.5, 0.6) is 0 Å². The molecule has 0 saturated carbocycles. The molecule has 8 rings (SSSR count). The number of benzene rings is 6. The summed E-state index contributed by atoms with van der Waals surface area (Å²) in [6, 6.07) is 54.1. The highest BCUT2D eigenvalue weighted by atomic mass is 15.0. The van der Waals surface area contributed by atoms with E-state index in [4.69, 9.17) is 9.97 Å². The van der Waals surface area contributed by atoms with Gasteiger partial charge in [-0.1, -0.05) is 123 Å². The zero-order valence-corrected chi connectivity index (χ0v) is 30.6. The molecule has 0 saturated heterocycles. The predicted molar refractivity (Wildman–Crippen MR) is 223 cm³/mol. The molecule has 8 aromatic rings. The number of allylic oxidation sites excluding steroid dienone is 1. The molecule has 2 heterocycles. The molecule has 0 aliphatic carbocycles. The van der Waals surface area contributed by atoms with Gasteiger partial charge in [-0.3, -0.25) is 0 Å². The van der Waals surface area contributed by atoms with Crippen LogP contribution in [0.25, 0.3) is 72.5 Å². The van der Waals surface area contributed by atoms with Crippen molar-refractivity contribution in [2.45, 2.75) is 33.6 Å². The molecule has 0 aliphatic rings. The first-order valence-corrected chi connectivity index (χ1v) is 18.0. The van der Waals surface area contributed by atoms with Gasteiger partial charge in [-0.05, 0) is 97.6 Å². The van der Waals surface area contributed by atoms with Crippen LogP contribution < -0.4 is 5.73 Å². The Morgan fingerprint density at radius 1 is 0.519 bits per heavy atom. The molecular weight excluding hydrogens is 633 g/mol. The number of nitrogens with zero attached hydrogens (tertiary/aromatic N) is 3. The van der Waals surface area contributed by atoms with E-state index in [-0.39, 0.29) is 0 Å². The van der Waals surface area contributed by atoms with Crippen LogP contribution in [-0.4, -0.2) is 21.6 Å². The van der Waals surface area contributed by atoms with E-state index in [1.54, 1.807) is 6.08 Å². The monoisotopic (exact) mass is 678 g/mol. The van der Waals surface area contributed by atoms with Gasteiger partial charge < -0.3 is 10.3 Å². The number of rotatable bonds is 7. The zero-order chi connectivity index (χ0) is 36.5. The Hall–Kier alpha value is -6.10. The largest absolute Gasteiger partial charge is 0.333 e. The van der Waals surface area contributed by atoms with Crippen molar-refractivity contribution in [3.63, 3.8) is 0 Å². The third-order valence-electron chi connectivity index (χ3n) is 9.16. The minimum atomic E-state index is 0.722. The van der Waals surface area contributed by atoms with Crippen LogP contribution in [0.4, 0.5) is 0 Å². The van der Waals surface area contributed by atoms with E-state index in [1.165, 1.54) is 45.5 Å². The molecule has 0 atom stereocenters. The molecule has 0 amide bonds. The Bertz CT molecular complexity index is 2290.